The molecular weight excluding hydrogens is 474 g/mol. The summed E-state index contributed by atoms with van der Waals surface area (Å²) in [5, 5.41) is 5.78. The number of thioether (sulfide) groups is 1. The first-order valence-electron chi connectivity index (χ1n) is 12.8. The summed E-state index contributed by atoms with van der Waals surface area (Å²) in [4.78, 5) is 41.7. The zero-order valence-corrected chi connectivity index (χ0v) is 23.9. The second-order valence-electron chi connectivity index (χ2n) is 10.1. The highest BCUT2D eigenvalue weighted by atomic mass is 32.2. The number of carbonyl (C=O) groups is 3. The molecule has 2 N–H and O–H groups in total. The first kappa shape index (κ1) is 31.5. The van der Waals surface area contributed by atoms with Crippen LogP contribution in [0.4, 0.5) is 4.79 Å². The summed E-state index contributed by atoms with van der Waals surface area (Å²) in [6.45, 7) is 15.6. The number of ether oxygens (including phenoxy) is 1. The quantitative estimate of drug-likeness (QED) is 0.314. The first-order chi connectivity index (χ1) is 16.9. The summed E-state index contributed by atoms with van der Waals surface area (Å²) >= 11 is 1.59. The van der Waals surface area contributed by atoms with Crippen LogP contribution in [0.5, 0.6) is 0 Å². The van der Waals surface area contributed by atoms with E-state index in [1.54, 1.807) is 43.5 Å². The molecule has 0 fully saturated rings. The van der Waals surface area contributed by atoms with E-state index in [0.717, 1.165) is 24.8 Å². The highest BCUT2D eigenvalue weighted by Crippen LogP contribution is 2.27. The summed E-state index contributed by atoms with van der Waals surface area (Å²) in [5.74, 6) is 0.107. The van der Waals surface area contributed by atoms with Gasteiger partial charge in [0, 0.05) is 12.6 Å². The summed E-state index contributed by atoms with van der Waals surface area (Å²) in [5.41, 5.74) is 0.864. The van der Waals surface area contributed by atoms with Crippen molar-refractivity contribution in [1.29, 1.82) is 0 Å². The molecular formula is C28H45N3O4S. The van der Waals surface area contributed by atoms with Crippen LogP contribution in [0.2, 0.25) is 0 Å². The topological polar surface area (TPSA) is 87.7 Å². The SMILES string of the molecule is C=Cc1cccc(C(C(=O)NCCCCC)N(C(=O)C(CCSC)NC(=O)OC(C)(C)C)C(C)C)c1. The molecule has 0 heterocycles. The average molecular weight is 520 g/mol. The lowest BCUT2D eigenvalue weighted by atomic mass is 9.98. The Bertz CT molecular complexity index is 867. The molecule has 8 heteroatoms. The summed E-state index contributed by atoms with van der Waals surface area (Å²) in [7, 11) is 0. The third-order valence-electron chi connectivity index (χ3n) is 5.48. The second-order valence-corrected chi connectivity index (χ2v) is 11.1. The average Bonchev–Trinajstić information content (AvgIpc) is 2.80. The van der Waals surface area contributed by atoms with Crippen molar-refractivity contribution in [3.05, 3.63) is 42.0 Å². The van der Waals surface area contributed by atoms with Gasteiger partial charge in [-0.15, -0.1) is 0 Å². The predicted molar refractivity (Wildman–Crippen MR) is 150 cm³/mol. The summed E-state index contributed by atoms with van der Waals surface area (Å²) < 4.78 is 5.42. The molecule has 3 amide bonds. The maximum Gasteiger partial charge on any atom is 0.408 e. The zero-order valence-electron chi connectivity index (χ0n) is 23.1. The number of nitrogens with one attached hydrogen (secondary N) is 2. The molecule has 2 unspecified atom stereocenters. The van der Waals surface area contributed by atoms with E-state index in [1.807, 2.05) is 44.4 Å². The molecule has 7 nitrogen and oxygen atoms in total. The Balaban J connectivity index is 3.40. The van der Waals surface area contributed by atoms with E-state index in [2.05, 4.69) is 24.1 Å². The van der Waals surface area contributed by atoms with Gasteiger partial charge in [0.1, 0.15) is 17.7 Å². The maximum absolute atomic E-state index is 14.0. The molecule has 0 saturated carbocycles. The van der Waals surface area contributed by atoms with Crippen LogP contribution in [0.15, 0.2) is 30.8 Å². The number of amides is 3. The van der Waals surface area contributed by atoms with E-state index >= 15 is 0 Å². The van der Waals surface area contributed by atoms with Gasteiger partial charge >= 0.3 is 6.09 Å². The van der Waals surface area contributed by atoms with Crippen LogP contribution in [-0.2, 0) is 14.3 Å². The van der Waals surface area contributed by atoms with Gasteiger partial charge in [-0.2, -0.15) is 11.8 Å². The van der Waals surface area contributed by atoms with Gasteiger partial charge < -0.3 is 20.3 Å². The lowest BCUT2D eigenvalue weighted by Crippen LogP contribution is -2.55. The smallest absolute Gasteiger partial charge is 0.408 e. The summed E-state index contributed by atoms with van der Waals surface area (Å²) in [6, 6.07) is 5.52. The monoisotopic (exact) mass is 519 g/mol. The lowest BCUT2D eigenvalue weighted by Gasteiger charge is -2.37. The number of benzene rings is 1. The fourth-order valence-corrected chi connectivity index (χ4v) is 4.25. The Kier molecular flexibility index (Phi) is 13.7. The molecule has 202 valence electrons. The fourth-order valence-electron chi connectivity index (χ4n) is 3.78. The van der Waals surface area contributed by atoms with Crippen LogP contribution in [0.3, 0.4) is 0 Å². The molecule has 0 aliphatic rings. The molecule has 36 heavy (non-hydrogen) atoms. The van der Waals surface area contributed by atoms with Gasteiger partial charge in [0.05, 0.1) is 0 Å². The molecule has 0 bridgehead atoms. The van der Waals surface area contributed by atoms with Crippen LogP contribution in [0.1, 0.15) is 84.4 Å². The van der Waals surface area contributed by atoms with Crippen molar-refractivity contribution in [2.24, 2.45) is 0 Å². The fraction of sp³-hybridized carbons (Fsp3) is 0.607. The molecule has 0 aliphatic heterocycles. The third kappa shape index (κ3) is 10.6. The standard InChI is InChI=1S/C28H45N3O4S/c1-9-11-12-17-29-25(32)24(22-15-13-14-21(10-2)19-22)31(20(3)4)26(33)23(16-18-36-8)30-27(34)35-28(5,6)7/h10,13-15,19-20,23-24H,2,9,11-12,16-18H2,1,3-8H3,(H,29,32)(H,30,34). The van der Waals surface area contributed by atoms with Crippen molar-refractivity contribution in [3.8, 4) is 0 Å². The predicted octanol–water partition coefficient (Wildman–Crippen LogP) is 5.56. The van der Waals surface area contributed by atoms with Gasteiger partial charge in [-0.25, -0.2) is 4.79 Å². The van der Waals surface area contributed by atoms with Crippen molar-refractivity contribution in [1.82, 2.24) is 15.5 Å². The molecule has 0 saturated heterocycles. The van der Waals surface area contributed by atoms with Crippen molar-refractivity contribution in [2.45, 2.75) is 91.0 Å². The van der Waals surface area contributed by atoms with Crippen molar-refractivity contribution in [2.75, 3.05) is 18.6 Å². The number of alkyl carbamates (subject to hydrolysis) is 1. The van der Waals surface area contributed by atoms with Crippen LogP contribution in [0.25, 0.3) is 6.08 Å². The highest BCUT2D eigenvalue weighted by molar-refractivity contribution is 7.98. The van der Waals surface area contributed by atoms with E-state index in [0.29, 0.717) is 24.3 Å². The van der Waals surface area contributed by atoms with Crippen LogP contribution in [-0.4, -0.2) is 59.0 Å². The number of rotatable bonds is 14. The number of nitrogens with zero attached hydrogens (tertiary/aromatic N) is 1. The van der Waals surface area contributed by atoms with Gasteiger partial charge in [0.15, 0.2) is 0 Å². The first-order valence-corrected chi connectivity index (χ1v) is 14.1. The molecule has 0 radical (unpaired) electrons. The van der Waals surface area contributed by atoms with Gasteiger partial charge in [-0.3, -0.25) is 9.59 Å². The normalized spacial score (nSPS) is 13.0. The van der Waals surface area contributed by atoms with Gasteiger partial charge in [-0.1, -0.05) is 50.6 Å². The van der Waals surface area contributed by atoms with E-state index in [9.17, 15) is 14.4 Å². The molecule has 0 aliphatic carbocycles. The maximum atomic E-state index is 14.0. The van der Waals surface area contributed by atoms with E-state index in [4.69, 9.17) is 4.74 Å². The van der Waals surface area contributed by atoms with Crippen LogP contribution in [0, 0.1) is 0 Å². The largest absolute Gasteiger partial charge is 0.444 e. The molecule has 1 aromatic rings. The molecule has 0 aromatic heterocycles. The molecule has 0 spiro atoms. The lowest BCUT2D eigenvalue weighted by molar-refractivity contribution is -0.144. The number of unbranched alkanes of at least 4 members (excludes halogenated alkanes) is 2. The summed E-state index contributed by atoms with van der Waals surface area (Å²) in [6.07, 6.45) is 6.36. The Hall–Kier alpha value is -2.48. The second kappa shape index (κ2) is 15.6. The van der Waals surface area contributed by atoms with Gasteiger partial charge in [0.2, 0.25) is 11.8 Å². The highest BCUT2D eigenvalue weighted by Gasteiger charge is 2.37. The van der Waals surface area contributed by atoms with Gasteiger partial charge in [0.25, 0.3) is 0 Å². The molecule has 1 aromatic carbocycles. The molecule has 1 rings (SSSR count). The van der Waals surface area contributed by atoms with Crippen molar-refractivity contribution < 1.29 is 19.1 Å². The minimum absolute atomic E-state index is 0.241. The van der Waals surface area contributed by atoms with E-state index < -0.39 is 23.8 Å². The van der Waals surface area contributed by atoms with Crippen molar-refractivity contribution in [3.63, 3.8) is 0 Å². The Morgan fingerprint density at radius 1 is 1.19 bits per heavy atom. The molecule has 2 atom stereocenters. The Morgan fingerprint density at radius 3 is 2.44 bits per heavy atom. The van der Waals surface area contributed by atoms with E-state index in [-0.39, 0.29) is 17.9 Å². The minimum atomic E-state index is -0.851. The van der Waals surface area contributed by atoms with E-state index in [1.165, 1.54) is 0 Å². The number of hydrogen-bond acceptors (Lipinski definition) is 5. The number of hydrogen-bond donors (Lipinski definition) is 2. The van der Waals surface area contributed by atoms with Crippen molar-refractivity contribution >= 4 is 35.7 Å². The van der Waals surface area contributed by atoms with Crippen LogP contribution >= 0.6 is 11.8 Å². The number of carbonyl (C=O) groups excluding carboxylic acids is 3. The Morgan fingerprint density at radius 2 is 1.89 bits per heavy atom. The van der Waals surface area contributed by atoms with Gasteiger partial charge in [-0.05, 0) is 76.7 Å². The zero-order chi connectivity index (χ0) is 27.3. The Labute approximate surface area is 221 Å². The minimum Gasteiger partial charge on any atom is -0.444 e. The van der Waals surface area contributed by atoms with Crippen LogP contribution < -0.4 is 10.6 Å². The third-order valence-corrected chi connectivity index (χ3v) is 6.12.